The third-order valence-electron chi connectivity index (χ3n) is 3.69. The number of nitrogens with zero attached hydrogens (tertiary/aromatic N) is 2. The van der Waals surface area contributed by atoms with Gasteiger partial charge in [0.2, 0.25) is 0 Å². The molecule has 0 heterocycles. The van der Waals surface area contributed by atoms with Crippen LogP contribution < -0.4 is 20.7 Å². The van der Waals surface area contributed by atoms with Gasteiger partial charge < -0.3 is 19.6 Å². The Morgan fingerprint density at radius 1 is 1.27 bits per heavy atom. The predicted octanol–water partition coefficient (Wildman–Crippen LogP) is 2.86. The Labute approximate surface area is 155 Å². The standard InChI is InChI=1S/C19H30N4O3/c1-5-6-12-22-19(23-20)17(14-21-2)26-13-8-10-15-9-7-11-16(24-3)18(15)25-4/h7,9,11,14H,2,5-6,8,10,12-13,20H2,1,3-4H3,(H,22,23)/b17-14+. The Bertz CT molecular complexity index is 615. The number of rotatable bonds is 12. The normalized spacial score (nSPS) is 11.8. The molecule has 0 atom stereocenters. The number of para-hydroxylation sites is 1. The average molecular weight is 362 g/mol. The molecule has 0 radical (unpaired) electrons. The van der Waals surface area contributed by atoms with E-state index in [1.807, 2.05) is 18.2 Å². The van der Waals surface area contributed by atoms with Gasteiger partial charge in [-0.2, -0.15) is 0 Å². The topological polar surface area (TPSA) is 90.5 Å². The van der Waals surface area contributed by atoms with E-state index in [-0.39, 0.29) is 0 Å². The van der Waals surface area contributed by atoms with Crippen LogP contribution in [-0.4, -0.2) is 39.9 Å². The molecule has 0 spiro atoms. The Morgan fingerprint density at radius 3 is 2.69 bits per heavy atom. The van der Waals surface area contributed by atoms with Gasteiger partial charge in [0.05, 0.1) is 27.0 Å². The van der Waals surface area contributed by atoms with Gasteiger partial charge in [-0.3, -0.25) is 9.98 Å². The molecule has 1 aromatic rings. The quantitative estimate of drug-likeness (QED) is 0.149. The number of nitrogens with one attached hydrogen (secondary N) is 1. The molecule has 1 rings (SSSR count). The third-order valence-corrected chi connectivity index (χ3v) is 3.69. The van der Waals surface area contributed by atoms with Crippen LogP contribution in [0.3, 0.4) is 0 Å². The Morgan fingerprint density at radius 2 is 2.08 bits per heavy atom. The monoisotopic (exact) mass is 362 g/mol. The van der Waals surface area contributed by atoms with Crippen molar-refractivity contribution in [1.29, 1.82) is 0 Å². The number of nitrogens with two attached hydrogens (primary N) is 1. The van der Waals surface area contributed by atoms with Crippen molar-refractivity contribution in [3.63, 3.8) is 0 Å². The SMILES string of the molecule is C=N/C=C(/OCCCc1cccc(OC)c1OC)C(=NCCCC)NN. The second-order valence-electron chi connectivity index (χ2n) is 5.51. The molecule has 1 aromatic carbocycles. The molecule has 0 saturated heterocycles. The van der Waals surface area contributed by atoms with Crippen molar-refractivity contribution < 1.29 is 14.2 Å². The summed E-state index contributed by atoms with van der Waals surface area (Å²) in [4.78, 5) is 8.17. The number of hydrogen-bond donors (Lipinski definition) is 2. The van der Waals surface area contributed by atoms with Gasteiger partial charge in [0.15, 0.2) is 23.1 Å². The number of ether oxygens (including phenoxy) is 3. The molecule has 144 valence electrons. The maximum Gasteiger partial charge on any atom is 0.180 e. The van der Waals surface area contributed by atoms with E-state index < -0.39 is 0 Å². The molecule has 0 bridgehead atoms. The molecule has 0 aromatic heterocycles. The van der Waals surface area contributed by atoms with Crippen LogP contribution in [0.2, 0.25) is 0 Å². The molecule has 3 N–H and O–H groups in total. The highest BCUT2D eigenvalue weighted by molar-refractivity contribution is 5.96. The zero-order valence-corrected chi connectivity index (χ0v) is 16.0. The van der Waals surface area contributed by atoms with Crippen LogP contribution in [0.4, 0.5) is 0 Å². The first kappa shape index (κ1) is 21.5. The van der Waals surface area contributed by atoms with Gasteiger partial charge in [0.1, 0.15) is 0 Å². The van der Waals surface area contributed by atoms with Crippen LogP contribution >= 0.6 is 0 Å². The zero-order valence-electron chi connectivity index (χ0n) is 16.0. The van der Waals surface area contributed by atoms with Gasteiger partial charge in [-0.15, -0.1) is 0 Å². The Hall–Kier alpha value is -2.54. The fourth-order valence-corrected chi connectivity index (χ4v) is 2.39. The van der Waals surface area contributed by atoms with Crippen LogP contribution in [0, 0.1) is 0 Å². The van der Waals surface area contributed by atoms with Crippen LogP contribution in [0.1, 0.15) is 31.7 Å². The minimum absolute atomic E-state index is 0.477. The molecule has 0 saturated carbocycles. The van der Waals surface area contributed by atoms with E-state index >= 15 is 0 Å². The summed E-state index contributed by atoms with van der Waals surface area (Å²) in [6.07, 6.45) is 5.12. The minimum atomic E-state index is 0.477. The van der Waals surface area contributed by atoms with E-state index in [2.05, 4.69) is 29.1 Å². The van der Waals surface area contributed by atoms with Gasteiger partial charge in [-0.1, -0.05) is 25.5 Å². The molecule has 0 aliphatic carbocycles. The van der Waals surface area contributed by atoms with E-state index in [1.54, 1.807) is 14.2 Å². The van der Waals surface area contributed by atoms with E-state index in [1.165, 1.54) is 6.20 Å². The van der Waals surface area contributed by atoms with Crippen molar-refractivity contribution in [3.8, 4) is 11.5 Å². The molecule has 26 heavy (non-hydrogen) atoms. The van der Waals surface area contributed by atoms with Crippen molar-refractivity contribution in [1.82, 2.24) is 5.43 Å². The summed E-state index contributed by atoms with van der Waals surface area (Å²) in [5, 5.41) is 0. The van der Waals surface area contributed by atoms with E-state index in [0.717, 1.165) is 42.7 Å². The summed E-state index contributed by atoms with van der Waals surface area (Å²) in [5.74, 6) is 7.99. The average Bonchev–Trinajstić information content (AvgIpc) is 2.67. The van der Waals surface area contributed by atoms with Crippen LogP contribution in [0.5, 0.6) is 11.5 Å². The van der Waals surface area contributed by atoms with Gasteiger partial charge in [-0.25, -0.2) is 5.84 Å². The molecular formula is C19H30N4O3. The molecule has 7 heteroatoms. The number of aryl methyl sites for hydroxylation is 1. The molecule has 0 amide bonds. The number of amidine groups is 1. The molecule has 0 unspecified atom stereocenters. The molecule has 0 aliphatic heterocycles. The number of aliphatic imine (C=N–C) groups is 2. The minimum Gasteiger partial charge on any atom is -0.493 e. The summed E-state index contributed by atoms with van der Waals surface area (Å²) in [6, 6.07) is 5.84. The lowest BCUT2D eigenvalue weighted by Crippen LogP contribution is -2.33. The lowest BCUT2D eigenvalue weighted by atomic mass is 10.1. The highest BCUT2D eigenvalue weighted by Gasteiger charge is 2.10. The van der Waals surface area contributed by atoms with Gasteiger partial charge >= 0.3 is 0 Å². The van der Waals surface area contributed by atoms with Gasteiger partial charge in [0, 0.05) is 6.54 Å². The molecule has 7 nitrogen and oxygen atoms in total. The van der Waals surface area contributed by atoms with E-state index in [4.69, 9.17) is 20.1 Å². The summed E-state index contributed by atoms with van der Waals surface area (Å²) in [5.41, 5.74) is 3.64. The highest BCUT2D eigenvalue weighted by Crippen LogP contribution is 2.31. The molecular weight excluding hydrogens is 332 g/mol. The smallest absolute Gasteiger partial charge is 0.180 e. The molecule has 0 aliphatic rings. The lowest BCUT2D eigenvalue weighted by molar-refractivity contribution is 0.224. The van der Waals surface area contributed by atoms with Gasteiger partial charge in [0.25, 0.3) is 0 Å². The molecule has 0 fully saturated rings. The van der Waals surface area contributed by atoms with Crippen molar-refractivity contribution >= 4 is 12.6 Å². The van der Waals surface area contributed by atoms with Crippen molar-refractivity contribution in [2.45, 2.75) is 32.6 Å². The lowest BCUT2D eigenvalue weighted by Gasteiger charge is -2.14. The van der Waals surface area contributed by atoms with E-state index in [9.17, 15) is 0 Å². The highest BCUT2D eigenvalue weighted by atomic mass is 16.5. The number of hydrogen-bond acceptors (Lipinski definition) is 6. The summed E-state index contributed by atoms with van der Waals surface area (Å²) < 4.78 is 16.6. The Balaban J connectivity index is 2.65. The van der Waals surface area contributed by atoms with Crippen molar-refractivity contribution in [2.75, 3.05) is 27.4 Å². The number of benzene rings is 1. The van der Waals surface area contributed by atoms with Crippen LogP contribution in [-0.2, 0) is 11.2 Å². The number of unbranched alkanes of at least 4 members (excludes halogenated alkanes) is 1. The van der Waals surface area contributed by atoms with Crippen LogP contribution in [0.25, 0.3) is 0 Å². The summed E-state index contributed by atoms with van der Waals surface area (Å²) in [7, 11) is 3.27. The Kier molecular flexibility index (Phi) is 10.6. The number of hydrazine groups is 1. The van der Waals surface area contributed by atoms with Gasteiger partial charge in [-0.05, 0) is 37.6 Å². The fraction of sp³-hybridized carbons (Fsp3) is 0.474. The first-order chi connectivity index (χ1) is 12.7. The zero-order chi connectivity index (χ0) is 19.2. The number of methoxy groups -OCH3 is 2. The largest absolute Gasteiger partial charge is 0.493 e. The second-order valence-corrected chi connectivity index (χ2v) is 5.51. The predicted molar refractivity (Wildman–Crippen MR) is 106 cm³/mol. The first-order valence-corrected chi connectivity index (χ1v) is 8.71. The summed E-state index contributed by atoms with van der Waals surface area (Å²) in [6.45, 7) is 6.74. The fourth-order valence-electron chi connectivity index (χ4n) is 2.39. The van der Waals surface area contributed by atoms with Crippen molar-refractivity contribution in [3.05, 3.63) is 35.7 Å². The maximum atomic E-state index is 5.80. The third kappa shape index (κ3) is 6.76. The second kappa shape index (κ2) is 12.8. The first-order valence-electron chi connectivity index (χ1n) is 8.71. The van der Waals surface area contributed by atoms with Crippen molar-refractivity contribution in [2.24, 2.45) is 15.8 Å². The summed E-state index contributed by atoms with van der Waals surface area (Å²) >= 11 is 0. The van der Waals surface area contributed by atoms with Crippen LogP contribution in [0.15, 0.2) is 40.1 Å². The van der Waals surface area contributed by atoms with E-state index in [0.29, 0.717) is 24.7 Å². The maximum absolute atomic E-state index is 5.80.